The summed E-state index contributed by atoms with van der Waals surface area (Å²) in [7, 11) is 5.91. The van der Waals surface area contributed by atoms with E-state index in [4.69, 9.17) is 5.73 Å². The molecule has 0 aliphatic carbocycles. The van der Waals surface area contributed by atoms with Crippen LogP contribution in [0.2, 0.25) is 0 Å². The largest absolute Gasteiger partial charge is 0.316 e. The van der Waals surface area contributed by atoms with E-state index in [9.17, 15) is 4.79 Å². The maximum absolute atomic E-state index is 11.8. The Balaban J connectivity index is 2.11. The van der Waals surface area contributed by atoms with Crippen LogP contribution < -0.4 is 10.6 Å². The first-order valence-electron chi connectivity index (χ1n) is 5.95. The van der Waals surface area contributed by atoms with Crippen LogP contribution in [0, 0.1) is 0 Å². The molecule has 1 aromatic carbocycles. The van der Waals surface area contributed by atoms with E-state index in [-0.39, 0.29) is 5.91 Å². The minimum atomic E-state index is -0.495. The Morgan fingerprint density at radius 1 is 1.44 bits per heavy atom. The molecule has 18 heavy (non-hydrogen) atoms. The van der Waals surface area contributed by atoms with Gasteiger partial charge in [-0.15, -0.1) is 11.8 Å². The number of thioether (sulfide) groups is 1. The Kier molecular flexibility index (Phi) is 3.94. The van der Waals surface area contributed by atoms with Crippen molar-refractivity contribution < 1.29 is 4.79 Å². The summed E-state index contributed by atoms with van der Waals surface area (Å²) >= 11 is 1.80. The number of benzene rings is 1. The van der Waals surface area contributed by atoms with Gasteiger partial charge in [0.2, 0.25) is 5.91 Å². The second-order valence-corrected chi connectivity index (χ2v) is 5.92. The van der Waals surface area contributed by atoms with Crippen LogP contribution in [-0.4, -0.2) is 44.2 Å². The molecule has 0 fully saturated rings. The molecule has 1 aliphatic heterocycles. The maximum atomic E-state index is 11.8. The van der Waals surface area contributed by atoms with E-state index in [0.29, 0.717) is 0 Å². The summed E-state index contributed by atoms with van der Waals surface area (Å²) in [6, 6.07) is 5.58. The molecule has 1 atom stereocenters. The summed E-state index contributed by atoms with van der Waals surface area (Å²) in [6.07, 6.45) is 0. The summed E-state index contributed by atoms with van der Waals surface area (Å²) in [4.78, 5) is 16.8. The van der Waals surface area contributed by atoms with E-state index in [1.807, 2.05) is 12.1 Å². The van der Waals surface area contributed by atoms with Crippen molar-refractivity contribution in [1.29, 1.82) is 0 Å². The molecule has 4 nitrogen and oxygen atoms in total. The third kappa shape index (κ3) is 2.53. The zero-order valence-electron chi connectivity index (χ0n) is 11.0. The van der Waals surface area contributed by atoms with Gasteiger partial charge in [-0.25, -0.2) is 0 Å². The zero-order valence-corrected chi connectivity index (χ0v) is 11.8. The van der Waals surface area contributed by atoms with Crippen LogP contribution in [0.4, 0.5) is 5.69 Å². The lowest BCUT2D eigenvalue weighted by Crippen LogP contribution is -2.27. The number of hydrogen-bond acceptors (Lipinski definition) is 4. The first kappa shape index (κ1) is 13.4. The van der Waals surface area contributed by atoms with Crippen LogP contribution in [0.5, 0.6) is 0 Å². The molecule has 1 heterocycles. The molecule has 1 amide bonds. The highest BCUT2D eigenvalue weighted by Gasteiger charge is 2.32. The lowest BCUT2D eigenvalue weighted by atomic mass is 10.1. The average Bonchev–Trinajstić information content (AvgIpc) is 2.54. The Hall–Kier alpha value is -1.04. The molecule has 1 unspecified atom stereocenters. The van der Waals surface area contributed by atoms with Gasteiger partial charge in [0.05, 0.1) is 0 Å². The number of hydrogen-bond donors (Lipinski definition) is 1. The van der Waals surface area contributed by atoms with Crippen molar-refractivity contribution >= 4 is 23.4 Å². The van der Waals surface area contributed by atoms with Gasteiger partial charge in [0, 0.05) is 35.5 Å². The van der Waals surface area contributed by atoms with Gasteiger partial charge in [0.15, 0.2) is 0 Å². The minimum Gasteiger partial charge on any atom is -0.316 e. The standard InChI is InChI=1S/C13H19N3OS/c1-15(2)6-7-18-9-4-5-10-11(8-9)16(3)13(17)12(10)14/h4-5,8,12H,6-7,14H2,1-3H3. The van der Waals surface area contributed by atoms with Gasteiger partial charge >= 0.3 is 0 Å². The Morgan fingerprint density at radius 2 is 2.17 bits per heavy atom. The molecular weight excluding hydrogens is 246 g/mol. The average molecular weight is 265 g/mol. The third-order valence-corrected chi connectivity index (χ3v) is 4.08. The summed E-state index contributed by atoms with van der Waals surface area (Å²) in [5, 5.41) is 0. The summed E-state index contributed by atoms with van der Waals surface area (Å²) < 4.78 is 0. The van der Waals surface area contributed by atoms with E-state index in [1.54, 1.807) is 23.7 Å². The topological polar surface area (TPSA) is 49.6 Å². The van der Waals surface area contributed by atoms with Crippen molar-refractivity contribution in [2.24, 2.45) is 5.73 Å². The number of rotatable bonds is 4. The van der Waals surface area contributed by atoms with Gasteiger partial charge in [-0.05, 0) is 26.2 Å². The van der Waals surface area contributed by atoms with Crippen molar-refractivity contribution in [3.05, 3.63) is 23.8 Å². The number of fused-ring (bicyclic) bond motifs is 1. The SMILES string of the molecule is CN(C)CCSc1ccc2c(c1)N(C)C(=O)C2N. The van der Waals surface area contributed by atoms with Crippen molar-refractivity contribution in [2.75, 3.05) is 38.3 Å². The normalized spacial score (nSPS) is 18.6. The van der Waals surface area contributed by atoms with Gasteiger partial charge in [-0.1, -0.05) is 6.07 Å². The zero-order chi connectivity index (χ0) is 13.3. The first-order valence-corrected chi connectivity index (χ1v) is 6.94. The molecule has 0 saturated heterocycles. The van der Waals surface area contributed by atoms with E-state index in [1.165, 1.54) is 4.90 Å². The van der Waals surface area contributed by atoms with E-state index >= 15 is 0 Å². The molecule has 0 aromatic heterocycles. The Labute approximate surface area is 112 Å². The highest BCUT2D eigenvalue weighted by Crippen LogP contribution is 2.36. The van der Waals surface area contributed by atoms with Crippen molar-refractivity contribution in [3.8, 4) is 0 Å². The molecule has 2 rings (SSSR count). The van der Waals surface area contributed by atoms with E-state index in [2.05, 4.69) is 25.1 Å². The fourth-order valence-corrected chi connectivity index (χ4v) is 3.02. The number of anilines is 1. The van der Waals surface area contributed by atoms with Crippen LogP contribution in [0.15, 0.2) is 23.1 Å². The van der Waals surface area contributed by atoms with Crippen LogP contribution in [0.3, 0.4) is 0 Å². The quantitative estimate of drug-likeness (QED) is 0.834. The van der Waals surface area contributed by atoms with Crippen LogP contribution in [0.25, 0.3) is 0 Å². The van der Waals surface area contributed by atoms with Gasteiger partial charge in [-0.2, -0.15) is 0 Å². The van der Waals surface area contributed by atoms with Crippen LogP contribution in [-0.2, 0) is 4.79 Å². The molecular formula is C13H19N3OS. The fraction of sp³-hybridized carbons (Fsp3) is 0.462. The number of nitrogens with zero attached hydrogens (tertiary/aromatic N) is 2. The molecule has 0 spiro atoms. The maximum Gasteiger partial charge on any atom is 0.248 e. The number of amides is 1. The summed E-state index contributed by atoms with van der Waals surface area (Å²) in [5.41, 5.74) is 7.74. The second kappa shape index (κ2) is 5.30. The number of carbonyl (C=O) groups excluding carboxylic acids is 1. The van der Waals surface area contributed by atoms with Gasteiger partial charge in [0.1, 0.15) is 6.04 Å². The first-order chi connectivity index (χ1) is 8.50. The Morgan fingerprint density at radius 3 is 2.83 bits per heavy atom. The predicted octanol–water partition coefficient (Wildman–Crippen LogP) is 1.32. The van der Waals surface area contributed by atoms with Gasteiger partial charge in [-0.3, -0.25) is 4.79 Å². The van der Waals surface area contributed by atoms with Crippen molar-refractivity contribution in [2.45, 2.75) is 10.9 Å². The molecule has 1 aromatic rings. The Bertz CT molecular complexity index is 462. The minimum absolute atomic E-state index is 0.0274. The highest BCUT2D eigenvalue weighted by molar-refractivity contribution is 7.99. The number of nitrogens with two attached hydrogens (primary N) is 1. The van der Waals surface area contributed by atoms with Crippen molar-refractivity contribution in [3.63, 3.8) is 0 Å². The predicted molar refractivity (Wildman–Crippen MR) is 76.1 cm³/mol. The fourth-order valence-electron chi connectivity index (χ4n) is 1.97. The van der Waals surface area contributed by atoms with E-state index < -0.39 is 6.04 Å². The molecule has 0 saturated carbocycles. The van der Waals surface area contributed by atoms with E-state index in [0.717, 1.165) is 23.5 Å². The lowest BCUT2D eigenvalue weighted by Gasteiger charge is -2.12. The van der Waals surface area contributed by atoms with Gasteiger partial charge < -0.3 is 15.5 Å². The highest BCUT2D eigenvalue weighted by atomic mass is 32.2. The monoisotopic (exact) mass is 265 g/mol. The second-order valence-electron chi connectivity index (χ2n) is 4.75. The molecule has 2 N–H and O–H groups in total. The molecule has 98 valence electrons. The van der Waals surface area contributed by atoms with Crippen LogP contribution in [0.1, 0.15) is 11.6 Å². The lowest BCUT2D eigenvalue weighted by molar-refractivity contribution is -0.118. The molecule has 5 heteroatoms. The van der Waals surface area contributed by atoms with Crippen molar-refractivity contribution in [1.82, 2.24) is 4.90 Å². The van der Waals surface area contributed by atoms with Crippen LogP contribution >= 0.6 is 11.8 Å². The smallest absolute Gasteiger partial charge is 0.248 e. The number of likely N-dealkylation sites (N-methyl/N-ethyl adjacent to an activating group) is 1. The summed E-state index contributed by atoms with van der Waals surface area (Å²) in [6.45, 7) is 1.04. The summed E-state index contributed by atoms with van der Waals surface area (Å²) in [5.74, 6) is 1.01. The van der Waals surface area contributed by atoms with Gasteiger partial charge in [0.25, 0.3) is 0 Å². The molecule has 0 radical (unpaired) electrons. The third-order valence-electron chi connectivity index (χ3n) is 3.10. The molecule has 0 bridgehead atoms. The molecule has 1 aliphatic rings. The number of carbonyl (C=O) groups is 1.